The number of carbonyl (C=O) groups is 2. The van der Waals surface area contributed by atoms with Crippen molar-refractivity contribution in [1.82, 2.24) is 19.7 Å². The zero-order valence-electron chi connectivity index (χ0n) is 27.3. The zero-order valence-corrected chi connectivity index (χ0v) is 29.7. The molecule has 2 aliphatic heterocycles. The van der Waals surface area contributed by atoms with Crippen LogP contribution in [-0.2, 0) is 17.6 Å². The minimum atomic E-state index is -0.341. The number of piperazine rings is 1. The summed E-state index contributed by atoms with van der Waals surface area (Å²) in [6, 6.07) is 27.2. The lowest BCUT2D eigenvalue weighted by molar-refractivity contribution is -0.134. The number of ether oxygens (including phenoxy) is 1. The summed E-state index contributed by atoms with van der Waals surface area (Å²) >= 11 is 10.0. The zero-order chi connectivity index (χ0) is 33.7. The van der Waals surface area contributed by atoms with E-state index in [9.17, 15) is 9.59 Å². The normalized spacial score (nSPS) is 18.7. The van der Waals surface area contributed by atoms with E-state index >= 15 is 0 Å². The molecule has 252 valence electrons. The fraction of sp³-hybridized carbons (Fsp3) is 0.333. The van der Waals surface area contributed by atoms with Gasteiger partial charge in [0.05, 0.1) is 11.7 Å². The minimum absolute atomic E-state index is 0.0298. The average molecular weight is 741 g/mol. The van der Waals surface area contributed by atoms with Gasteiger partial charge in [-0.1, -0.05) is 54.1 Å². The molecule has 1 atom stereocenters. The van der Waals surface area contributed by atoms with Gasteiger partial charge in [-0.3, -0.25) is 19.5 Å². The fourth-order valence-electron chi connectivity index (χ4n) is 7.20. The maximum absolute atomic E-state index is 13.6. The van der Waals surface area contributed by atoms with Gasteiger partial charge < -0.3 is 14.5 Å². The molecule has 3 aromatic carbocycles. The van der Waals surface area contributed by atoms with Crippen LogP contribution in [0.4, 0.5) is 0 Å². The van der Waals surface area contributed by atoms with Crippen LogP contribution in [0.15, 0.2) is 101 Å². The van der Waals surface area contributed by atoms with Gasteiger partial charge in [-0.2, -0.15) is 4.99 Å². The number of pyridine rings is 1. The first-order valence-corrected chi connectivity index (χ1v) is 18.2. The number of hydrogen-bond donors (Lipinski definition) is 0. The van der Waals surface area contributed by atoms with Gasteiger partial charge in [0.25, 0.3) is 5.91 Å². The molecule has 10 heteroatoms. The molecule has 2 amide bonds. The summed E-state index contributed by atoms with van der Waals surface area (Å²) in [4.78, 5) is 42.5. The summed E-state index contributed by atoms with van der Waals surface area (Å²) in [5, 5.41) is 0.756. The number of rotatable bonds is 5. The first-order chi connectivity index (χ1) is 23.9. The van der Waals surface area contributed by atoms with Crippen LogP contribution in [0.2, 0.25) is 5.02 Å². The van der Waals surface area contributed by atoms with E-state index in [0.29, 0.717) is 49.9 Å². The van der Waals surface area contributed by atoms with Crippen molar-refractivity contribution in [1.29, 1.82) is 0 Å². The maximum Gasteiger partial charge on any atom is 0.301 e. The van der Waals surface area contributed by atoms with Crippen molar-refractivity contribution >= 4 is 45.4 Å². The quantitative estimate of drug-likeness (QED) is 0.159. The number of likely N-dealkylation sites (tertiary alicyclic amines) is 1. The monoisotopic (exact) mass is 739 g/mol. The molecule has 0 saturated carbocycles. The first-order valence-electron chi connectivity index (χ1n) is 17.0. The van der Waals surface area contributed by atoms with E-state index in [1.165, 1.54) is 16.7 Å². The number of benzene rings is 3. The largest absolute Gasteiger partial charge is 0.426 e. The Balaban J connectivity index is 0.975. The molecule has 3 heterocycles. The lowest BCUT2D eigenvalue weighted by Crippen LogP contribution is -2.50. The summed E-state index contributed by atoms with van der Waals surface area (Å²) in [7, 11) is 0. The van der Waals surface area contributed by atoms with Gasteiger partial charge >= 0.3 is 6.02 Å². The van der Waals surface area contributed by atoms with Crippen molar-refractivity contribution in [3.63, 3.8) is 0 Å². The van der Waals surface area contributed by atoms with Gasteiger partial charge in [0.2, 0.25) is 5.91 Å². The number of carbonyl (C=O) groups excluding carboxylic acids is 2. The number of halogens is 2. The molecule has 1 aromatic heterocycles. The summed E-state index contributed by atoms with van der Waals surface area (Å²) < 4.78 is 7.13. The van der Waals surface area contributed by atoms with Gasteiger partial charge in [0.15, 0.2) is 0 Å². The van der Waals surface area contributed by atoms with E-state index in [1.807, 2.05) is 70.6 Å². The number of aryl methyl sites for hydroxylation is 2. The molecular formula is C39H39BrClN5O3. The van der Waals surface area contributed by atoms with E-state index in [1.54, 1.807) is 12.1 Å². The first kappa shape index (κ1) is 33.4. The SMILES string of the molecule is O=C(/N=C(\Oc1ccccc1)N1CCC(CC(=O)N2CCN(C3c4ccc(Cl)cc4CCc4cc(Br)cnc43)CC2)CC1)c1ccccc1. The molecule has 0 N–H and O–H groups in total. The van der Waals surface area contributed by atoms with Crippen molar-refractivity contribution in [2.75, 3.05) is 39.3 Å². The smallest absolute Gasteiger partial charge is 0.301 e. The number of nitrogens with zero attached hydrogens (tertiary/aromatic N) is 5. The number of aliphatic imine (C=N–C) groups is 1. The van der Waals surface area contributed by atoms with Crippen molar-refractivity contribution in [2.24, 2.45) is 10.9 Å². The third kappa shape index (κ3) is 7.90. The average Bonchev–Trinajstić information content (AvgIpc) is 3.28. The van der Waals surface area contributed by atoms with Gasteiger partial charge in [-0.25, -0.2) is 0 Å². The molecule has 1 unspecified atom stereocenters. The van der Waals surface area contributed by atoms with Gasteiger partial charge in [0.1, 0.15) is 5.75 Å². The topological polar surface area (TPSA) is 78.3 Å². The van der Waals surface area contributed by atoms with E-state index in [-0.39, 0.29) is 23.8 Å². The molecule has 1 aliphatic carbocycles. The number of piperidine rings is 1. The van der Waals surface area contributed by atoms with E-state index in [4.69, 9.17) is 21.3 Å². The van der Waals surface area contributed by atoms with Crippen molar-refractivity contribution in [3.8, 4) is 5.75 Å². The highest BCUT2D eigenvalue weighted by Crippen LogP contribution is 2.38. The third-order valence-corrected chi connectivity index (χ3v) is 10.5. The van der Waals surface area contributed by atoms with Crippen LogP contribution in [-0.4, -0.2) is 76.8 Å². The van der Waals surface area contributed by atoms with Crippen LogP contribution in [0, 0.1) is 5.92 Å². The highest BCUT2D eigenvalue weighted by Gasteiger charge is 2.34. The van der Waals surface area contributed by atoms with Gasteiger partial charge in [-0.05, 0) is 107 Å². The fourth-order valence-corrected chi connectivity index (χ4v) is 7.77. The number of amidine groups is 1. The molecule has 0 bridgehead atoms. The van der Waals surface area contributed by atoms with Crippen LogP contribution in [0.5, 0.6) is 5.75 Å². The van der Waals surface area contributed by atoms with Gasteiger partial charge in [0, 0.05) is 66.9 Å². The lowest BCUT2D eigenvalue weighted by Gasteiger charge is -2.40. The van der Waals surface area contributed by atoms with Crippen LogP contribution < -0.4 is 4.74 Å². The number of fused-ring (bicyclic) bond motifs is 2. The van der Waals surface area contributed by atoms with E-state index in [0.717, 1.165) is 54.0 Å². The molecule has 8 nitrogen and oxygen atoms in total. The number of hydrogen-bond acceptors (Lipinski definition) is 5. The summed E-state index contributed by atoms with van der Waals surface area (Å²) in [5.41, 5.74) is 5.39. The van der Waals surface area contributed by atoms with Crippen LogP contribution in [0.3, 0.4) is 0 Å². The maximum atomic E-state index is 13.6. The molecule has 2 fully saturated rings. The third-order valence-electron chi connectivity index (χ3n) is 9.84. The molecule has 3 aliphatic rings. The Kier molecular flexibility index (Phi) is 10.4. The molecule has 0 spiro atoms. The Hall–Kier alpha value is -4.05. The highest BCUT2D eigenvalue weighted by atomic mass is 79.9. The summed E-state index contributed by atoms with van der Waals surface area (Å²) in [5.74, 6) is 0.757. The Labute approximate surface area is 300 Å². The highest BCUT2D eigenvalue weighted by molar-refractivity contribution is 9.10. The molecule has 0 radical (unpaired) electrons. The van der Waals surface area contributed by atoms with E-state index in [2.05, 4.69) is 44.0 Å². The lowest BCUT2D eigenvalue weighted by atomic mass is 9.93. The van der Waals surface area contributed by atoms with Crippen LogP contribution in [0.1, 0.15) is 58.0 Å². The standard InChI is InChI=1S/C39H39BrClN5O3/c40-31-24-30-12-11-29-25-32(41)13-14-34(29)37(36(30)42-26-31)45-21-19-44(20-22-45)35(47)23-27-15-17-46(18-16-27)39(49-33-9-5-2-6-10-33)43-38(48)28-7-3-1-4-8-28/h1-10,13-14,24-27,37H,11-12,15-23H2/b43-39-. The molecule has 2 saturated heterocycles. The second kappa shape index (κ2) is 15.2. The predicted molar refractivity (Wildman–Crippen MR) is 195 cm³/mol. The molecule has 4 aromatic rings. The number of amides is 2. The molecular weight excluding hydrogens is 702 g/mol. The van der Waals surface area contributed by atoms with Crippen molar-refractivity contribution in [2.45, 2.75) is 38.1 Å². The summed E-state index contributed by atoms with van der Waals surface area (Å²) in [6.07, 6.45) is 5.89. The summed E-state index contributed by atoms with van der Waals surface area (Å²) in [6.45, 7) is 4.25. The van der Waals surface area contributed by atoms with Gasteiger partial charge in [-0.15, -0.1) is 0 Å². The molecule has 49 heavy (non-hydrogen) atoms. The Bertz CT molecular complexity index is 1770. The predicted octanol–water partition coefficient (Wildman–Crippen LogP) is 7.21. The number of aromatic nitrogens is 1. The Morgan fingerprint density at radius 2 is 1.53 bits per heavy atom. The van der Waals surface area contributed by atoms with Crippen LogP contribution >= 0.6 is 27.5 Å². The molecule has 7 rings (SSSR count). The van der Waals surface area contributed by atoms with Crippen LogP contribution in [0.25, 0.3) is 0 Å². The second-order valence-electron chi connectivity index (χ2n) is 13.0. The van der Waals surface area contributed by atoms with Crippen molar-refractivity contribution in [3.05, 3.63) is 129 Å². The van der Waals surface area contributed by atoms with Crippen molar-refractivity contribution < 1.29 is 14.3 Å². The Morgan fingerprint density at radius 1 is 0.837 bits per heavy atom. The minimum Gasteiger partial charge on any atom is -0.426 e. The number of para-hydroxylation sites is 1. The Morgan fingerprint density at radius 3 is 2.27 bits per heavy atom. The van der Waals surface area contributed by atoms with E-state index < -0.39 is 0 Å². The second-order valence-corrected chi connectivity index (χ2v) is 14.3.